The number of carbonyl (C=O) groups excluding carboxylic acids is 1. The minimum absolute atomic E-state index is 0.0314. The molecule has 1 aliphatic rings. The lowest BCUT2D eigenvalue weighted by molar-refractivity contribution is 0.0782. The van der Waals surface area contributed by atoms with Gasteiger partial charge in [0.15, 0.2) is 0 Å². The van der Waals surface area contributed by atoms with E-state index in [-0.39, 0.29) is 5.91 Å². The molecule has 0 aliphatic carbocycles. The summed E-state index contributed by atoms with van der Waals surface area (Å²) in [7, 11) is 1.78. The number of hydrogen-bond acceptors (Lipinski definition) is 4. The molecule has 0 saturated heterocycles. The number of carbonyl (C=O) groups is 1. The van der Waals surface area contributed by atoms with Crippen molar-refractivity contribution in [3.05, 3.63) is 21.4 Å². The third-order valence-corrected chi connectivity index (χ3v) is 3.80. The molecule has 0 radical (unpaired) electrons. The lowest BCUT2D eigenvalue weighted by Crippen LogP contribution is -2.33. The highest BCUT2D eigenvalue weighted by Crippen LogP contribution is 2.30. The standard InChI is InChI=1S/C10H11N3OS/c1-13-3-2-8-6(10(13)14)4-9(15-8)7(12)5-11/h4,7H,2-3,12H2,1H3. The van der Waals surface area contributed by atoms with Crippen LogP contribution in [0.5, 0.6) is 0 Å². The molecule has 1 aromatic rings. The van der Waals surface area contributed by atoms with Gasteiger partial charge in [-0.3, -0.25) is 4.79 Å². The van der Waals surface area contributed by atoms with Gasteiger partial charge in [0.05, 0.1) is 11.6 Å². The molecule has 0 fully saturated rings. The van der Waals surface area contributed by atoms with E-state index in [2.05, 4.69) is 0 Å². The molecule has 1 amide bonds. The van der Waals surface area contributed by atoms with Gasteiger partial charge in [0.25, 0.3) is 5.91 Å². The average Bonchev–Trinajstić information content (AvgIpc) is 2.67. The Labute approximate surface area is 91.9 Å². The fourth-order valence-electron chi connectivity index (χ4n) is 1.61. The first kappa shape index (κ1) is 10.1. The zero-order valence-electron chi connectivity index (χ0n) is 8.36. The second kappa shape index (κ2) is 3.65. The largest absolute Gasteiger partial charge is 0.341 e. The van der Waals surface area contributed by atoms with Crippen LogP contribution in [0.2, 0.25) is 0 Å². The first-order chi connectivity index (χ1) is 7.13. The van der Waals surface area contributed by atoms with Crippen molar-refractivity contribution in [2.45, 2.75) is 12.5 Å². The summed E-state index contributed by atoms with van der Waals surface area (Å²) in [6.45, 7) is 0.744. The van der Waals surface area contributed by atoms with Gasteiger partial charge < -0.3 is 10.6 Å². The lowest BCUT2D eigenvalue weighted by Gasteiger charge is -2.21. The molecule has 0 spiro atoms. The second-order valence-corrected chi connectivity index (χ2v) is 4.74. The normalized spacial score (nSPS) is 17.1. The Hall–Kier alpha value is -1.38. The van der Waals surface area contributed by atoms with Gasteiger partial charge >= 0.3 is 0 Å². The molecule has 15 heavy (non-hydrogen) atoms. The molecule has 2 rings (SSSR count). The van der Waals surface area contributed by atoms with Crippen LogP contribution in [0.15, 0.2) is 6.07 Å². The predicted molar refractivity (Wildman–Crippen MR) is 57.5 cm³/mol. The van der Waals surface area contributed by atoms with Gasteiger partial charge in [-0.25, -0.2) is 0 Å². The lowest BCUT2D eigenvalue weighted by atomic mass is 10.1. The van der Waals surface area contributed by atoms with Crippen molar-refractivity contribution in [3.8, 4) is 6.07 Å². The third kappa shape index (κ3) is 1.62. The van der Waals surface area contributed by atoms with Crippen molar-refractivity contribution in [3.63, 3.8) is 0 Å². The van der Waals surface area contributed by atoms with Gasteiger partial charge in [-0.15, -0.1) is 11.3 Å². The Balaban J connectivity index is 2.40. The Morgan fingerprint density at radius 2 is 2.47 bits per heavy atom. The highest BCUT2D eigenvalue weighted by molar-refractivity contribution is 7.12. The van der Waals surface area contributed by atoms with Crippen LogP contribution < -0.4 is 5.73 Å². The van der Waals surface area contributed by atoms with Crippen LogP contribution in [0.25, 0.3) is 0 Å². The maximum absolute atomic E-state index is 11.7. The topological polar surface area (TPSA) is 70.1 Å². The maximum Gasteiger partial charge on any atom is 0.254 e. The zero-order valence-corrected chi connectivity index (χ0v) is 9.17. The fourth-order valence-corrected chi connectivity index (χ4v) is 2.70. The molecule has 2 heterocycles. The van der Waals surface area contributed by atoms with Crippen LogP contribution in [-0.4, -0.2) is 24.4 Å². The van der Waals surface area contributed by atoms with E-state index in [4.69, 9.17) is 11.0 Å². The molecule has 2 N–H and O–H groups in total. The van der Waals surface area contributed by atoms with Gasteiger partial charge in [0.1, 0.15) is 6.04 Å². The SMILES string of the molecule is CN1CCc2sc(C(N)C#N)cc2C1=O. The highest BCUT2D eigenvalue weighted by atomic mass is 32.1. The maximum atomic E-state index is 11.7. The molecule has 78 valence electrons. The molecule has 1 atom stereocenters. The van der Waals surface area contributed by atoms with Gasteiger partial charge in [0.2, 0.25) is 0 Å². The summed E-state index contributed by atoms with van der Waals surface area (Å²) < 4.78 is 0. The van der Waals surface area contributed by atoms with E-state index in [1.807, 2.05) is 6.07 Å². The summed E-state index contributed by atoms with van der Waals surface area (Å²) in [6, 6.07) is 3.12. The van der Waals surface area contributed by atoms with Gasteiger partial charge in [0, 0.05) is 29.8 Å². The Morgan fingerprint density at radius 1 is 1.73 bits per heavy atom. The fraction of sp³-hybridized carbons (Fsp3) is 0.400. The van der Waals surface area contributed by atoms with Gasteiger partial charge in [-0.1, -0.05) is 0 Å². The molecule has 1 aliphatic heterocycles. The summed E-state index contributed by atoms with van der Waals surface area (Å²) in [4.78, 5) is 15.3. The van der Waals surface area contributed by atoms with E-state index >= 15 is 0 Å². The number of nitriles is 1. The van der Waals surface area contributed by atoms with E-state index in [0.29, 0.717) is 0 Å². The van der Waals surface area contributed by atoms with Crippen LogP contribution in [0.1, 0.15) is 26.2 Å². The minimum atomic E-state index is -0.612. The Bertz CT molecular complexity index is 446. The number of fused-ring (bicyclic) bond motifs is 1. The van der Waals surface area contributed by atoms with E-state index in [1.165, 1.54) is 11.3 Å². The number of thiophene rings is 1. The van der Waals surface area contributed by atoms with Crippen LogP contribution >= 0.6 is 11.3 Å². The second-order valence-electron chi connectivity index (χ2n) is 3.57. The number of hydrogen-bond donors (Lipinski definition) is 1. The summed E-state index contributed by atoms with van der Waals surface area (Å²) in [5.74, 6) is 0.0314. The van der Waals surface area contributed by atoms with Crippen LogP contribution in [-0.2, 0) is 6.42 Å². The monoisotopic (exact) mass is 221 g/mol. The smallest absolute Gasteiger partial charge is 0.254 e. The number of amides is 1. The number of likely N-dealkylation sites (N-methyl/N-ethyl adjacent to an activating group) is 1. The molecule has 4 nitrogen and oxygen atoms in total. The minimum Gasteiger partial charge on any atom is -0.341 e. The summed E-state index contributed by atoms with van der Waals surface area (Å²) in [6.07, 6.45) is 0.861. The van der Waals surface area contributed by atoms with E-state index in [1.54, 1.807) is 18.0 Å². The molecule has 1 unspecified atom stereocenters. The van der Waals surface area contributed by atoms with Crippen LogP contribution in [0, 0.1) is 11.3 Å². The van der Waals surface area contributed by atoms with Gasteiger partial charge in [-0.05, 0) is 6.07 Å². The van der Waals surface area contributed by atoms with Crippen molar-refractivity contribution >= 4 is 17.2 Å². The van der Waals surface area contributed by atoms with E-state index in [9.17, 15) is 4.79 Å². The van der Waals surface area contributed by atoms with E-state index in [0.717, 1.165) is 28.3 Å². The zero-order chi connectivity index (χ0) is 11.0. The van der Waals surface area contributed by atoms with Crippen molar-refractivity contribution in [1.29, 1.82) is 5.26 Å². The number of nitrogens with two attached hydrogens (primary N) is 1. The predicted octanol–water partition coefficient (Wildman–Crippen LogP) is 0.900. The molecule has 0 bridgehead atoms. The van der Waals surface area contributed by atoms with E-state index < -0.39 is 6.04 Å². The Kier molecular flexibility index (Phi) is 2.47. The molecule has 5 heteroatoms. The summed E-state index contributed by atoms with van der Waals surface area (Å²) in [5, 5.41) is 8.70. The van der Waals surface area contributed by atoms with Crippen molar-refractivity contribution in [1.82, 2.24) is 4.90 Å². The quantitative estimate of drug-likeness (QED) is 0.766. The first-order valence-corrected chi connectivity index (χ1v) is 5.48. The van der Waals surface area contributed by atoms with Crippen LogP contribution in [0.3, 0.4) is 0 Å². The molecule has 0 saturated carbocycles. The van der Waals surface area contributed by atoms with Crippen LogP contribution in [0.4, 0.5) is 0 Å². The first-order valence-electron chi connectivity index (χ1n) is 4.66. The van der Waals surface area contributed by atoms with Crippen molar-refractivity contribution < 1.29 is 4.79 Å². The summed E-state index contributed by atoms with van der Waals surface area (Å²) >= 11 is 1.48. The average molecular weight is 221 g/mol. The molecular weight excluding hydrogens is 210 g/mol. The Morgan fingerprint density at radius 3 is 3.13 bits per heavy atom. The third-order valence-electron chi connectivity index (χ3n) is 2.53. The van der Waals surface area contributed by atoms with Crippen molar-refractivity contribution in [2.24, 2.45) is 5.73 Å². The number of nitrogens with zero attached hydrogens (tertiary/aromatic N) is 2. The molecule has 0 aromatic carbocycles. The van der Waals surface area contributed by atoms with Gasteiger partial charge in [-0.2, -0.15) is 5.26 Å². The number of rotatable bonds is 1. The molecular formula is C10H11N3OS. The molecule has 1 aromatic heterocycles. The summed E-state index contributed by atoms with van der Waals surface area (Å²) in [5.41, 5.74) is 6.33. The highest BCUT2D eigenvalue weighted by Gasteiger charge is 2.25. The van der Waals surface area contributed by atoms with Crippen molar-refractivity contribution in [2.75, 3.05) is 13.6 Å².